The summed E-state index contributed by atoms with van der Waals surface area (Å²) in [5.74, 6) is 0.218. The van der Waals surface area contributed by atoms with Gasteiger partial charge in [-0.15, -0.1) is 11.3 Å². The minimum absolute atomic E-state index is 0.0629. The number of thiophene rings is 1. The number of carbonyl (C=O) groups excluding carboxylic acids is 2. The summed E-state index contributed by atoms with van der Waals surface area (Å²) in [4.78, 5) is 26.5. The highest BCUT2D eigenvalue weighted by Crippen LogP contribution is 2.40. The van der Waals surface area contributed by atoms with Gasteiger partial charge in [0.25, 0.3) is 0 Å². The lowest BCUT2D eigenvalue weighted by molar-refractivity contribution is -0.116. The average Bonchev–Trinajstić information content (AvgIpc) is 3.03. The fourth-order valence-electron chi connectivity index (χ4n) is 3.88. The number of aryl methyl sites for hydroxylation is 1. The first-order valence-electron chi connectivity index (χ1n) is 10.9. The molecular weight excluding hydrogens is 394 g/mol. The van der Waals surface area contributed by atoms with Gasteiger partial charge in [-0.25, -0.2) is 4.79 Å². The Bertz CT molecular complexity index is 906. The van der Waals surface area contributed by atoms with Crippen LogP contribution in [-0.4, -0.2) is 18.5 Å². The first-order chi connectivity index (χ1) is 14.2. The lowest BCUT2D eigenvalue weighted by Gasteiger charge is -2.19. The summed E-state index contributed by atoms with van der Waals surface area (Å²) in [6, 6.07) is 8.48. The van der Waals surface area contributed by atoms with Crippen LogP contribution < -0.4 is 5.32 Å². The number of esters is 1. The van der Waals surface area contributed by atoms with E-state index >= 15 is 0 Å². The molecule has 1 atom stereocenters. The van der Waals surface area contributed by atoms with Crippen molar-refractivity contribution in [2.75, 3.05) is 11.9 Å². The van der Waals surface area contributed by atoms with E-state index in [2.05, 4.69) is 57.3 Å². The van der Waals surface area contributed by atoms with Crippen molar-refractivity contribution in [3.8, 4) is 0 Å². The molecule has 0 saturated heterocycles. The zero-order valence-corrected chi connectivity index (χ0v) is 19.6. The molecule has 1 aromatic carbocycles. The number of hydrogen-bond donors (Lipinski definition) is 1. The summed E-state index contributed by atoms with van der Waals surface area (Å²) < 4.78 is 5.29. The van der Waals surface area contributed by atoms with Gasteiger partial charge < -0.3 is 10.1 Å². The smallest absolute Gasteiger partial charge is 0.341 e. The zero-order chi connectivity index (χ0) is 21.9. The summed E-state index contributed by atoms with van der Waals surface area (Å²) in [7, 11) is 0. The van der Waals surface area contributed by atoms with Gasteiger partial charge in [0.05, 0.1) is 12.2 Å². The first kappa shape index (κ1) is 22.5. The molecule has 1 heterocycles. The highest BCUT2D eigenvalue weighted by atomic mass is 32.1. The van der Waals surface area contributed by atoms with Crippen molar-refractivity contribution < 1.29 is 14.3 Å². The maximum absolute atomic E-state index is 12.7. The molecule has 1 unspecified atom stereocenters. The molecule has 1 aliphatic carbocycles. The maximum Gasteiger partial charge on any atom is 0.341 e. The summed E-state index contributed by atoms with van der Waals surface area (Å²) in [5, 5.41) is 3.66. The normalized spacial score (nSPS) is 16.1. The fraction of sp³-hybridized carbons (Fsp3) is 0.520. The summed E-state index contributed by atoms with van der Waals surface area (Å²) in [6.07, 6.45) is 3.96. The summed E-state index contributed by atoms with van der Waals surface area (Å²) >= 11 is 1.54. The molecule has 4 nitrogen and oxygen atoms in total. The van der Waals surface area contributed by atoms with E-state index in [1.807, 2.05) is 6.92 Å². The van der Waals surface area contributed by atoms with Crippen LogP contribution in [0.4, 0.5) is 5.00 Å². The van der Waals surface area contributed by atoms with E-state index in [1.165, 1.54) is 10.4 Å². The Morgan fingerprint density at radius 2 is 1.90 bits per heavy atom. The highest BCUT2D eigenvalue weighted by molar-refractivity contribution is 7.17. The Labute approximate surface area is 184 Å². The second kappa shape index (κ2) is 9.34. The van der Waals surface area contributed by atoms with E-state index in [9.17, 15) is 9.59 Å². The summed E-state index contributed by atoms with van der Waals surface area (Å²) in [5.41, 5.74) is 4.20. The van der Waals surface area contributed by atoms with Crippen LogP contribution in [0.3, 0.4) is 0 Å². The lowest BCUT2D eigenvalue weighted by atomic mass is 9.86. The third kappa shape index (κ3) is 5.31. The van der Waals surface area contributed by atoms with E-state index in [1.54, 1.807) is 11.3 Å². The highest BCUT2D eigenvalue weighted by Gasteiger charge is 2.29. The minimum atomic E-state index is -0.322. The van der Waals surface area contributed by atoms with Crippen LogP contribution in [0.15, 0.2) is 24.3 Å². The molecule has 0 fully saturated rings. The van der Waals surface area contributed by atoms with Gasteiger partial charge in [-0.3, -0.25) is 4.79 Å². The molecule has 0 spiro atoms. The van der Waals surface area contributed by atoms with Gasteiger partial charge >= 0.3 is 5.97 Å². The Balaban J connectivity index is 1.69. The van der Waals surface area contributed by atoms with E-state index < -0.39 is 0 Å². The van der Waals surface area contributed by atoms with E-state index in [0.717, 1.165) is 30.4 Å². The molecule has 0 bridgehead atoms. The Hall–Kier alpha value is -2.14. The predicted octanol–water partition coefficient (Wildman–Crippen LogP) is 5.92. The van der Waals surface area contributed by atoms with Crippen molar-refractivity contribution in [2.45, 2.75) is 72.1 Å². The molecule has 162 valence electrons. The molecule has 30 heavy (non-hydrogen) atoms. The van der Waals surface area contributed by atoms with E-state index in [4.69, 9.17) is 4.74 Å². The standard InChI is InChI=1S/C25H33NO3S/c1-6-29-24(28)22-19-13-7-16(2)15-20(19)30-23(22)26-21(27)14-10-17-8-11-18(12-9-17)25(3,4)5/h8-9,11-12,16H,6-7,10,13-15H2,1-5H3,(H,26,27). The number of nitrogens with one attached hydrogen (secondary N) is 1. The number of carbonyl (C=O) groups is 2. The van der Waals surface area contributed by atoms with Crippen LogP contribution >= 0.6 is 11.3 Å². The molecule has 0 aliphatic heterocycles. The third-order valence-electron chi connectivity index (χ3n) is 5.70. The van der Waals surface area contributed by atoms with Gasteiger partial charge in [0.1, 0.15) is 5.00 Å². The number of hydrogen-bond acceptors (Lipinski definition) is 4. The fourth-order valence-corrected chi connectivity index (χ4v) is 5.29. The van der Waals surface area contributed by atoms with Crippen molar-refractivity contribution in [1.29, 1.82) is 0 Å². The molecule has 0 saturated carbocycles. The first-order valence-corrected chi connectivity index (χ1v) is 11.7. The van der Waals surface area contributed by atoms with Gasteiger partial charge in [-0.1, -0.05) is 52.0 Å². The van der Waals surface area contributed by atoms with Crippen LogP contribution in [-0.2, 0) is 34.2 Å². The van der Waals surface area contributed by atoms with Gasteiger partial charge in [0.2, 0.25) is 5.91 Å². The molecule has 0 radical (unpaired) electrons. The monoisotopic (exact) mass is 427 g/mol. The SMILES string of the molecule is CCOC(=O)c1c(NC(=O)CCc2ccc(C(C)(C)C)cc2)sc2c1CCC(C)C2. The van der Waals surface area contributed by atoms with Crippen molar-refractivity contribution >= 4 is 28.2 Å². The number of ether oxygens (including phenoxy) is 1. The summed E-state index contributed by atoms with van der Waals surface area (Å²) in [6.45, 7) is 10.9. The van der Waals surface area contributed by atoms with Gasteiger partial charge in [0, 0.05) is 11.3 Å². The Kier molecular flexibility index (Phi) is 7.02. The lowest BCUT2D eigenvalue weighted by Crippen LogP contribution is -2.17. The Morgan fingerprint density at radius 1 is 1.20 bits per heavy atom. The molecule has 3 rings (SSSR count). The number of amides is 1. The largest absolute Gasteiger partial charge is 0.462 e. The van der Waals surface area contributed by atoms with Crippen LogP contribution in [0.1, 0.15) is 79.4 Å². The third-order valence-corrected chi connectivity index (χ3v) is 6.87. The molecule has 1 aliphatic rings. The second-order valence-corrected chi connectivity index (χ2v) is 10.4. The molecule has 5 heteroatoms. The minimum Gasteiger partial charge on any atom is -0.462 e. The van der Waals surface area contributed by atoms with Crippen molar-refractivity contribution in [3.63, 3.8) is 0 Å². The van der Waals surface area contributed by atoms with Crippen molar-refractivity contribution in [1.82, 2.24) is 0 Å². The van der Waals surface area contributed by atoms with E-state index in [0.29, 0.717) is 35.9 Å². The Morgan fingerprint density at radius 3 is 2.53 bits per heavy atom. The number of anilines is 1. The number of fused-ring (bicyclic) bond motifs is 1. The molecule has 1 aromatic heterocycles. The molecule has 1 N–H and O–H groups in total. The average molecular weight is 428 g/mol. The van der Waals surface area contributed by atoms with Crippen molar-refractivity contribution in [2.24, 2.45) is 5.92 Å². The van der Waals surface area contributed by atoms with Gasteiger partial charge in [0.15, 0.2) is 0 Å². The van der Waals surface area contributed by atoms with Crippen LogP contribution in [0.5, 0.6) is 0 Å². The van der Waals surface area contributed by atoms with E-state index in [-0.39, 0.29) is 17.3 Å². The molecular formula is C25H33NO3S. The number of benzene rings is 1. The van der Waals surface area contributed by atoms with Gasteiger partial charge in [-0.2, -0.15) is 0 Å². The number of rotatable bonds is 6. The zero-order valence-electron chi connectivity index (χ0n) is 18.8. The second-order valence-electron chi connectivity index (χ2n) is 9.27. The predicted molar refractivity (Wildman–Crippen MR) is 124 cm³/mol. The van der Waals surface area contributed by atoms with Gasteiger partial charge in [-0.05, 0) is 60.6 Å². The topological polar surface area (TPSA) is 55.4 Å². The van der Waals surface area contributed by atoms with Crippen LogP contribution in [0.2, 0.25) is 0 Å². The maximum atomic E-state index is 12.7. The van der Waals surface area contributed by atoms with Crippen LogP contribution in [0, 0.1) is 5.92 Å². The molecule has 1 amide bonds. The molecule has 2 aromatic rings. The van der Waals surface area contributed by atoms with Crippen molar-refractivity contribution in [3.05, 3.63) is 51.4 Å². The van der Waals surface area contributed by atoms with Crippen LogP contribution in [0.25, 0.3) is 0 Å². The quantitative estimate of drug-likeness (QED) is 0.582.